The molecule has 186 valence electrons. The van der Waals surface area contributed by atoms with Crippen LogP contribution in [-0.2, 0) is 9.53 Å². The van der Waals surface area contributed by atoms with E-state index >= 15 is 0 Å². The number of guanidine groups is 1. The SMILES string of the molecule is COc1ccccc1N1CCC(NC(=NCC(=O)N(C)C)NCCCN2CCOCC2)C1.I. The lowest BCUT2D eigenvalue weighted by Gasteiger charge is -2.26. The number of methoxy groups -OCH3 is 1. The number of halogens is 1. The quantitative estimate of drug-likeness (QED) is 0.199. The fourth-order valence-electron chi connectivity index (χ4n) is 3.96. The van der Waals surface area contributed by atoms with E-state index in [9.17, 15) is 4.79 Å². The lowest BCUT2D eigenvalue weighted by molar-refractivity contribution is -0.127. The van der Waals surface area contributed by atoms with Crippen LogP contribution in [0.3, 0.4) is 0 Å². The summed E-state index contributed by atoms with van der Waals surface area (Å²) in [7, 11) is 5.21. The van der Waals surface area contributed by atoms with Gasteiger partial charge in [-0.1, -0.05) is 12.1 Å². The van der Waals surface area contributed by atoms with E-state index in [0.717, 1.165) is 76.8 Å². The number of nitrogens with zero attached hydrogens (tertiary/aromatic N) is 4. The predicted octanol–water partition coefficient (Wildman–Crippen LogP) is 1.24. The molecule has 2 aliphatic heterocycles. The molecule has 0 radical (unpaired) electrons. The number of nitrogens with one attached hydrogen (secondary N) is 2. The van der Waals surface area contributed by atoms with Crippen LogP contribution in [0.15, 0.2) is 29.3 Å². The van der Waals surface area contributed by atoms with Gasteiger partial charge in [0.1, 0.15) is 12.3 Å². The van der Waals surface area contributed by atoms with Crippen molar-refractivity contribution < 1.29 is 14.3 Å². The first-order chi connectivity index (χ1) is 15.6. The molecule has 0 aromatic heterocycles. The second kappa shape index (κ2) is 14.5. The summed E-state index contributed by atoms with van der Waals surface area (Å²) in [5.74, 6) is 1.58. The first-order valence-corrected chi connectivity index (χ1v) is 11.5. The van der Waals surface area contributed by atoms with Gasteiger partial charge in [-0.05, 0) is 31.5 Å². The molecule has 2 fully saturated rings. The summed E-state index contributed by atoms with van der Waals surface area (Å²) in [4.78, 5) is 22.9. The smallest absolute Gasteiger partial charge is 0.243 e. The van der Waals surface area contributed by atoms with E-state index in [1.54, 1.807) is 26.1 Å². The van der Waals surface area contributed by atoms with Crippen LogP contribution in [0.4, 0.5) is 5.69 Å². The average Bonchev–Trinajstić information content (AvgIpc) is 3.28. The molecule has 0 saturated carbocycles. The number of benzene rings is 1. The lowest BCUT2D eigenvalue weighted by Crippen LogP contribution is -2.46. The number of likely N-dealkylation sites (N-methyl/N-ethyl adjacent to an activating group) is 1. The van der Waals surface area contributed by atoms with Gasteiger partial charge in [-0.25, -0.2) is 4.99 Å². The molecular weight excluding hydrogens is 535 g/mol. The molecule has 1 amide bonds. The van der Waals surface area contributed by atoms with Gasteiger partial charge in [0.2, 0.25) is 5.91 Å². The molecule has 2 saturated heterocycles. The van der Waals surface area contributed by atoms with Crippen LogP contribution >= 0.6 is 24.0 Å². The van der Waals surface area contributed by atoms with Gasteiger partial charge in [0.25, 0.3) is 0 Å². The Morgan fingerprint density at radius 3 is 2.73 bits per heavy atom. The van der Waals surface area contributed by atoms with Gasteiger partial charge < -0.3 is 29.9 Å². The number of aliphatic imine (C=N–C) groups is 1. The van der Waals surface area contributed by atoms with Gasteiger partial charge in [-0.3, -0.25) is 9.69 Å². The standard InChI is InChI=1S/C23H38N6O3.HI/c1-27(2)22(30)17-25-23(24-10-6-11-28-13-15-32-16-14-28)26-19-9-12-29(18-19)20-7-4-5-8-21(20)31-3;/h4-5,7-8,19H,6,9-18H2,1-3H3,(H2,24,25,26);1H. The highest BCUT2D eigenvalue weighted by molar-refractivity contribution is 14.0. The molecular formula is C23H39IN6O3. The first kappa shape index (κ1) is 27.5. The topological polar surface area (TPSA) is 81.7 Å². The van der Waals surface area contributed by atoms with E-state index in [-0.39, 0.29) is 42.5 Å². The second-order valence-corrected chi connectivity index (χ2v) is 8.44. The van der Waals surface area contributed by atoms with Crippen LogP contribution in [0.1, 0.15) is 12.8 Å². The van der Waals surface area contributed by atoms with E-state index in [2.05, 4.69) is 31.5 Å². The number of ether oxygens (including phenoxy) is 2. The molecule has 0 aliphatic carbocycles. The Morgan fingerprint density at radius 2 is 2.00 bits per heavy atom. The molecule has 3 rings (SSSR count). The molecule has 10 heteroatoms. The molecule has 2 aliphatic rings. The number of carbonyl (C=O) groups excluding carboxylic acids is 1. The van der Waals surface area contributed by atoms with Gasteiger partial charge in [-0.2, -0.15) is 0 Å². The van der Waals surface area contributed by atoms with Crippen LogP contribution in [-0.4, -0.2) is 108 Å². The first-order valence-electron chi connectivity index (χ1n) is 11.5. The van der Waals surface area contributed by atoms with Crippen molar-refractivity contribution in [2.75, 3.05) is 85.1 Å². The Hall–Kier alpha value is -1.79. The summed E-state index contributed by atoms with van der Waals surface area (Å²) in [5.41, 5.74) is 1.11. The lowest BCUT2D eigenvalue weighted by atomic mass is 10.2. The van der Waals surface area contributed by atoms with Crippen molar-refractivity contribution in [3.05, 3.63) is 24.3 Å². The number of carbonyl (C=O) groups is 1. The zero-order chi connectivity index (χ0) is 22.8. The van der Waals surface area contributed by atoms with E-state index in [0.29, 0.717) is 5.96 Å². The monoisotopic (exact) mass is 574 g/mol. The summed E-state index contributed by atoms with van der Waals surface area (Å²) in [5, 5.41) is 6.96. The maximum absolute atomic E-state index is 12.1. The number of amides is 1. The minimum atomic E-state index is -0.0125. The number of anilines is 1. The van der Waals surface area contributed by atoms with Crippen LogP contribution in [0.25, 0.3) is 0 Å². The van der Waals surface area contributed by atoms with Crippen LogP contribution in [0.2, 0.25) is 0 Å². The molecule has 9 nitrogen and oxygen atoms in total. The van der Waals surface area contributed by atoms with Gasteiger partial charge in [0.05, 0.1) is 26.0 Å². The van der Waals surface area contributed by atoms with E-state index in [1.165, 1.54) is 0 Å². The van der Waals surface area contributed by atoms with Crippen LogP contribution in [0, 0.1) is 0 Å². The fraction of sp³-hybridized carbons (Fsp3) is 0.652. The van der Waals surface area contributed by atoms with Crippen molar-refractivity contribution in [1.29, 1.82) is 0 Å². The van der Waals surface area contributed by atoms with E-state index < -0.39 is 0 Å². The molecule has 0 spiro atoms. The van der Waals surface area contributed by atoms with Gasteiger partial charge in [-0.15, -0.1) is 24.0 Å². The van der Waals surface area contributed by atoms with Crippen molar-refractivity contribution in [2.45, 2.75) is 18.9 Å². The molecule has 1 unspecified atom stereocenters. The largest absolute Gasteiger partial charge is 0.495 e. The average molecular weight is 575 g/mol. The summed E-state index contributed by atoms with van der Waals surface area (Å²) in [6, 6.07) is 8.36. The molecule has 1 atom stereocenters. The van der Waals surface area contributed by atoms with Gasteiger partial charge >= 0.3 is 0 Å². The van der Waals surface area contributed by atoms with Gasteiger partial charge in [0, 0.05) is 52.9 Å². The Balaban J connectivity index is 0.00000385. The van der Waals surface area contributed by atoms with Crippen LogP contribution < -0.4 is 20.3 Å². The normalized spacial score (nSPS) is 19.1. The van der Waals surface area contributed by atoms with Crippen molar-refractivity contribution in [3.63, 3.8) is 0 Å². The summed E-state index contributed by atoms with van der Waals surface area (Å²) >= 11 is 0. The molecule has 2 heterocycles. The second-order valence-electron chi connectivity index (χ2n) is 8.44. The number of hydrogen-bond donors (Lipinski definition) is 2. The highest BCUT2D eigenvalue weighted by Gasteiger charge is 2.25. The highest BCUT2D eigenvalue weighted by Crippen LogP contribution is 2.30. The third-order valence-electron chi connectivity index (χ3n) is 5.87. The minimum absolute atomic E-state index is 0. The van der Waals surface area contributed by atoms with E-state index in [4.69, 9.17) is 9.47 Å². The third kappa shape index (κ3) is 8.82. The van der Waals surface area contributed by atoms with Crippen molar-refractivity contribution in [3.8, 4) is 5.75 Å². The molecule has 1 aromatic carbocycles. The Kier molecular flexibility index (Phi) is 12.0. The highest BCUT2D eigenvalue weighted by atomic mass is 127. The number of rotatable bonds is 9. The minimum Gasteiger partial charge on any atom is -0.495 e. The Morgan fingerprint density at radius 1 is 1.24 bits per heavy atom. The zero-order valence-corrected chi connectivity index (χ0v) is 22.4. The zero-order valence-electron chi connectivity index (χ0n) is 20.1. The summed E-state index contributed by atoms with van der Waals surface area (Å²) in [6.07, 6.45) is 2.01. The predicted molar refractivity (Wildman–Crippen MR) is 143 cm³/mol. The van der Waals surface area contributed by atoms with E-state index in [1.807, 2.05) is 18.2 Å². The van der Waals surface area contributed by atoms with Crippen molar-refractivity contribution >= 4 is 41.5 Å². The Labute approximate surface area is 214 Å². The number of hydrogen-bond acceptors (Lipinski definition) is 6. The summed E-state index contributed by atoms with van der Waals surface area (Å²) < 4.78 is 10.9. The molecule has 2 N–H and O–H groups in total. The maximum atomic E-state index is 12.1. The summed E-state index contributed by atoms with van der Waals surface area (Å²) in [6.45, 7) is 7.41. The third-order valence-corrected chi connectivity index (χ3v) is 5.87. The number of morpholine rings is 1. The molecule has 33 heavy (non-hydrogen) atoms. The molecule has 0 bridgehead atoms. The molecule has 1 aromatic rings. The van der Waals surface area contributed by atoms with Crippen molar-refractivity contribution in [2.24, 2.45) is 4.99 Å². The number of para-hydroxylation sites is 2. The Bertz CT molecular complexity index is 757. The van der Waals surface area contributed by atoms with Crippen LogP contribution in [0.5, 0.6) is 5.75 Å². The fourth-order valence-corrected chi connectivity index (χ4v) is 3.96. The maximum Gasteiger partial charge on any atom is 0.243 e. The van der Waals surface area contributed by atoms with Gasteiger partial charge in [0.15, 0.2) is 5.96 Å². The van der Waals surface area contributed by atoms with Crippen molar-refractivity contribution in [1.82, 2.24) is 20.4 Å².